The highest BCUT2D eigenvalue weighted by Crippen LogP contribution is 2.25. The lowest BCUT2D eigenvalue weighted by Gasteiger charge is -2.38. The van der Waals surface area contributed by atoms with Crippen molar-refractivity contribution in [2.75, 3.05) is 26.7 Å². The number of nitrogens with one attached hydrogen (secondary N) is 1. The summed E-state index contributed by atoms with van der Waals surface area (Å²) in [5.41, 5.74) is 0. The lowest BCUT2D eigenvalue weighted by Crippen LogP contribution is -2.53. The normalized spacial score (nSPS) is 28.5. The molecule has 2 aliphatic rings. The van der Waals surface area contributed by atoms with Crippen molar-refractivity contribution in [3.8, 4) is 0 Å². The number of nitrogens with zero attached hydrogens (tertiary/aromatic N) is 1. The summed E-state index contributed by atoms with van der Waals surface area (Å²) in [5.74, 6) is 0. The first-order valence-corrected chi connectivity index (χ1v) is 8.88. The number of unbranched alkanes of at least 4 members (excludes halogenated alkanes) is 5. The molecule has 2 saturated heterocycles. The van der Waals surface area contributed by atoms with E-state index in [0.717, 1.165) is 19.2 Å². The topological polar surface area (TPSA) is 24.5 Å². The van der Waals surface area contributed by atoms with E-state index in [1.54, 1.807) is 0 Å². The Morgan fingerprint density at radius 2 is 2.00 bits per heavy atom. The van der Waals surface area contributed by atoms with Gasteiger partial charge in [-0.25, -0.2) is 0 Å². The van der Waals surface area contributed by atoms with Crippen LogP contribution < -0.4 is 5.32 Å². The molecule has 2 heterocycles. The van der Waals surface area contributed by atoms with Crippen LogP contribution in [0.25, 0.3) is 0 Å². The molecule has 3 nitrogen and oxygen atoms in total. The third-order valence-electron chi connectivity index (χ3n) is 5.10. The highest BCUT2D eigenvalue weighted by molar-refractivity contribution is 4.89. The minimum absolute atomic E-state index is 0.407. The van der Waals surface area contributed by atoms with Gasteiger partial charge in [-0.1, -0.05) is 45.4 Å². The molecule has 0 amide bonds. The molecule has 3 heteroatoms. The molecule has 118 valence electrons. The Labute approximate surface area is 125 Å². The molecule has 3 atom stereocenters. The minimum atomic E-state index is 0.407. The Morgan fingerprint density at radius 1 is 1.20 bits per heavy atom. The number of hydrogen-bond donors (Lipinski definition) is 1. The van der Waals surface area contributed by atoms with E-state index in [2.05, 4.69) is 24.2 Å². The Bertz CT molecular complexity index is 259. The predicted molar refractivity (Wildman–Crippen MR) is 85.2 cm³/mol. The molecule has 0 bridgehead atoms. The van der Waals surface area contributed by atoms with E-state index in [4.69, 9.17) is 4.74 Å². The van der Waals surface area contributed by atoms with Crippen LogP contribution in [0.1, 0.15) is 64.7 Å². The van der Waals surface area contributed by atoms with Gasteiger partial charge in [-0.05, 0) is 32.9 Å². The molecule has 2 fully saturated rings. The van der Waals surface area contributed by atoms with Crippen molar-refractivity contribution in [2.24, 2.45) is 0 Å². The summed E-state index contributed by atoms with van der Waals surface area (Å²) in [6, 6.07) is 1.26. The minimum Gasteiger partial charge on any atom is -0.374 e. The zero-order valence-electron chi connectivity index (χ0n) is 13.6. The largest absolute Gasteiger partial charge is 0.374 e. The second kappa shape index (κ2) is 9.01. The molecule has 2 rings (SSSR count). The molecule has 0 aromatic carbocycles. The maximum absolute atomic E-state index is 6.14. The molecule has 0 aliphatic carbocycles. The Balaban J connectivity index is 1.63. The Morgan fingerprint density at radius 3 is 2.80 bits per heavy atom. The van der Waals surface area contributed by atoms with Gasteiger partial charge in [-0.2, -0.15) is 0 Å². The van der Waals surface area contributed by atoms with Crippen LogP contribution in [0.2, 0.25) is 0 Å². The van der Waals surface area contributed by atoms with E-state index in [0.29, 0.717) is 12.1 Å². The first-order chi connectivity index (χ1) is 9.85. The monoisotopic (exact) mass is 282 g/mol. The number of hydrogen-bond acceptors (Lipinski definition) is 3. The van der Waals surface area contributed by atoms with Gasteiger partial charge in [0.15, 0.2) is 0 Å². The molecular weight excluding hydrogens is 248 g/mol. The summed E-state index contributed by atoms with van der Waals surface area (Å²) in [6.07, 6.45) is 12.7. The maximum Gasteiger partial charge on any atom is 0.0855 e. The number of ether oxygens (including phenoxy) is 1. The lowest BCUT2D eigenvalue weighted by molar-refractivity contribution is -0.0648. The molecule has 0 aromatic heterocycles. The van der Waals surface area contributed by atoms with Crippen molar-refractivity contribution in [1.82, 2.24) is 10.2 Å². The summed E-state index contributed by atoms with van der Waals surface area (Å²) in [7, 11) is 2.10. The van der Waals surface area contributed by atoms with E-state index in [1.165, 1.54) is 64.3 Å². The number of rotatable bonds is 9. The number of likely N-dealkylation sites (N-methyl/N-ethyl adjacent to an activating group) is 1. The standard InChI is InChI=1S/C17H34N2O/c1-3-4-5-6-7-8-11-16(18-2)17-13-19-12-9-10-15(19)14-20-17/h15-18H,3-14H2,1-2H3. The van der Waals surface area contributed by atoms with E-state index >= 15 is 0 Å². The van der Waals surface area contributed by atoms with E-state index in [9.17, 15) is 0 Å². The smallest absolute Gasteiger partial charge is 0.0855 e. The number of fused-ring (bicyclic) bond motifs is 1. The Hall–Kier alpha value is -0.120. The van der Waals surface area contributed by atoms with Crippen LogP contribution in [0.5, 0.6) is 0 Å². The molecule has 20 heavy (non-hydrogen) atoms. The molecular formula is C17H34N2O. The van der Waals surface area contributed by atoms with Crippen LogP contribution in [-0.2, 0) is 4.74 Å². The molecule has 2 aliphatic heterocycles. The fraction of sp³-hybridized carbons (Fsp3) is 1.00. The third kappa shape index (κ3) is 4.71. The van der Waals surface area contributed by atoms with Crippen molar-refractivity contribution in [2.45, 2.75) is 82.9 Å². The molecule has 0 saturated carbocycles. The average molecular weight is 282 g/mol. The van der Waals surface area contributed by atoms with Gasteiger partial charge in [0.25, 0.3) is 0 Å². The molecule has 0 radical (unpaired) electrons. The molecule has 0 spiro atoms. The first kappa shape index (κ1) is 16.3. The summed E-state index contributed by atoms with van der Waals surface area (Å²) in [5, 5.41) is 3.50. The summed E-state index contributed by atoms with van der Waals surface area (Å²) in [4.78, 5) is 2.65. The highest BCUT2D eigenvalue weighted by Gasteiger charge is 2.34. The van der Waals surface area contributed by atoms with Crippen LogP contribution in [0.3, 0.4) is 0 Å². The zero-order chi connectivity index (χ0) is 14.2. The van der Waals surface area contributed by atoms with Crippen molar-refractivity contribution in [3.05, 3.63) is 0 Å². The summed E-state index contributed by atoms with van der Waals surface area (Å²) >= 11 is 0. The predicted octanol–water partition coefficient (Wildman–Crippen LogP) is 3.19. The molecule has 0 aromatic rings. The van der Waals surface area contributed by atoms with Crippen LogP contribution in [0.15, 0.2) is 0 Å². The van der Waals surface area contributed by atoms with Crippen LogP contribution in [0.4, 0.5) is 0 Å². The number of morpholine rings is 1. The zero-order valence-corrected chi connectivity index (χ0v) is 13.6. The second-order valence-electron chi connectivity index (χ2n) is 6.61. The third-order valence-corrected chi connectivity index (χ3v) is 5.10. The van der Waals surface area contributed by atoms with Crippen molar-refractivity contribution in [3.63, 3.8) is 0 Å². The lowest BCUT2D eigenvalue weighted by atomic mass is 10.00. The molecule has 1 N–H and O–H groups in total. The highest BCUT2D eigenvalue weighted by atomic mass is 16.5. The van der Waals surface area contributed by atoms with E-state index in [1.807, 2.05) is 0 Å². The van der Waals surface area contributed by atoms with Crippen LogP contribution >= 0.6 is 0 Å². The van der Waals surface area contributed by atoms with Crippen molar-refractivity contribution >= 4 is 0 Å². The van der Waals surface area contributed by atoms with Gasteiger partial charge in [-0.15, -0.1) is 0 Å². The van der Waals surface area contributed by atoms with Gasteiger partial charge in [0.2, 0.25) is 0 Å². The van der Waals surface area contributed by atoms with Gasteiger partial charge in [0.05, 0.1) is 12.7 Å². The maximum atomic E-state index is 6.14. The SMILES string of the molecule is CCCCCCCCC(NC)C1CN2CCCC2CO1. The summed E-state index contributed by atoms with van der Waals surface area (Å²) < 4.78 is 6.14. The Kier molecular flexibility index (Phi) is 7.32. The van der Waals surface area contributed by atoms with Gasteiger partial charge < -0.3 is 10.1 Å². The van der Waals surface area contributed by atoms with Crippen LogP contribution in [-0.4, -0.2) is 49.8 Å². The van der Waals surface area contributed by atoms with Gasteiger partial charge >= 0.3 is 0 Å². The van der Waals surface area contributed by atoms with Crippen LogP contribution in [0, 0.1) is 0 Å². The quantitative estimate of drug-likeness (QED) is 0.657. The molecule has 3 unspecified atom stereocenters. The van der Waals surface area contributed by atoms with Gasteiger partial charge in [0, 0.05) is 18.6 Å². The van der Waals surface area contributed by atoms with E-state index in [-0.39, 0.29) is 0 Å². The average Bonchev–Trinajstić information content (AvgIpc) is 2.94. The summed E-state index contributed by atoms with van der Waals surface area (Å²) in [6.45, 7) is 5.67. The van der Waals surface area contributed by atoms with Crippen molar-refractivity contribution in [1.29, 1.82) is 0 Å². The first-order valence-electron chi connectivity index (χ1n) is 8.88. The van der Waals surface area contributed by atoms with E-state index < -0.39 is 0 Å². The van der Waals surface area contributed by atoms with Gasteiger partial charge in [-0.3, -0.25) is 4.90 Å². The fourth-order valence-electron chi connectivity index (χ4n) is 3.75. The van der Waals surface area contributed by atoms with Gasteiger partial charge in [0.1, 0.15) is 0 Å². The fourth-order valence-corrected chi connectivity index (χ4v) is 3.75. The van der Waals surface area contributed by atoms with Crippen molar-refractivity contribution < 1.29 is 4.74 Å². The second-order valence-corrected chi connectivity index (χ2v) is 6.61.